The molecule has 1 aromatic rings. The van der Waals surface area contributed by atoms with Crippen molar-refractivity contribution in [2.24, 2.45) is 0 Å². The molecule has 15 heavy (non-hydrogen) atoms. The quantitative estimate of drug-likeness (QED) is 0.770. The molecule has 1 atom stereocenters. The van der Waals surface area contributed by atoms with E-state index in [4.69, 9.17) is 0 Å². The van der Waals surface area contributed by atoms with Crippen molar-refractivity contribution in [3.63, 3.8) is 0 Å². The molecule has 0 radical (unpaired) electrons. The number of benzene rings is 1. The molecule has 1 heteroatoms. The zero-order valence-corrected chi connectivity index (χ0v) is 9.79. The van der Waals surface area contributed by atoms with Gasteiger partial charge in [-0.15, -0.1) is 0 Å². The highest BCUT2D eigenvalue weighted by Gasteiger charge is 2.23. The Kier molecular flexibility index (Phi) is 3.42. The zero-order valence-electron chi connectivity index (χ0n) is 9.79. The molecule has 82 valence electrons. The first kappa shape index (κ1) is 10.7. The fourth-order valence-corrected chi connectivity index (χ4v) is 2.16. The molecule has 0 saturated heterocycles. The lowest BCUT2D eigenvalue weighted by Gasteiger charge is -2.16. The lowest BCUT2D eigenvalue weighted by atomic mass is 10.0. The van der Waals surface area contributed by atoms with Gasteiger partial charge in [0.2, 0.25) is 0 Å². The van der Waals surface area contributed by atoms with Gasteiger partial charge in [0.1, 0.15) is 0 Å². The summed E-state index contributed by atoms with van der Waals surface area (Å²) in [5.74, 6) is 0.873. The van der Waals surface area contributed by atoms with Crippen LogP contribution in [0.3, 0.4) is 0 Å². The van der Waals surface area contributed by atoms with Crippen LogP contribution in [0.4, 0.5) is 0 Å². The van der Waals surface area contributed by atoms with E-state index in [1.807, 2.05) is 0 Å². The summed E-state index contributed by atoms with van der Waals surface area (Å²) in [6, 6.07) is 9.75. The fourth-order valence-electron chi connectivity index (χ4n) is 2.16. The summed E-state index contributed by atoms with van der Waals surface area (Å²) < 4.78 is 0. The van der Waals surface area contributed by atoms with E-state index >= 15 is 0 Å². The molecule has 1 aliphatic carbocycles. The van der Waals surface area contributed by atoms with Crippen LogP contribution in [-0.2, 0) is 0 Å². The molecule has 1 fully saturated rings. The van der Waals surface area contributed by atoms with Gasteiger partial charge in [0, 0.05) is 6.04 Å². The molecule has 0 heterocycles. The maximum atomic E-state index is 3.51. The van der Waals surface area contributed by atoms with Crippen molar-refractivity contribution in [3.05, 3.63) is 35.4 Å². The van der Waals surface area contributed by atoms with Gasteiger partial charge in [-0.05, 0) is 42.9 Å². The average molecular weight is 203 g/mol. The Balaban J connectivity index is 2.06. The maximum absolute atomic E-state index is 3.51. The summed E-state index contributed by atoms with van der Waals surface area (Å²) in [5.41, 5.74) is 2.97. The van der Waals surface area contributed by atoms with Crippen molar-refractivity contribution in [2.45, 2.75) is 45.1 Å². The second-order valence-corrected chi connectivity index (χ2v) is 4.46. The monoisotopic (exact) mass is 203 g/mol. The molecule has 1 saturated carbocycles. The Morgan fingerprint density at radius 1 is 1.20 bits per heavy atom. The van der Waals surface area contributed by atoms with Gasteiger partial charge in [0.05, 0.1) is 0 Å². The largest absolute Gasteiger partial charge is 0.310 e. The third-order valence-electron chi connectivity index (χ3n) is 3.25. The first-order chi connectivity index (χ1) is 7.35. The van der Waals surface area contributed by atoms with E-state index in [0.717, 1.165) is 18.9 Å². The Labute approximate surface area is 92.9 Å². The lowest BCUT2D eigenvalue weighted by Crippen LogP contribution is -2.19. The van der Waals surface area contributed by atoms with Gasteiger partial charge in [-0.1, -0.05) is 38.1 Å². The topological polar surface area (TPSA) is 12.0 Å². The highest BCUT2D eigenvalue weighted by Crippen LogP contribution is 2.40. The Bertz CT molecular complexity index is 298. The van der Waals surface area contributed by atoms with Crippen LogP contribution in [0.5, 0.6) is 0 Å². The predicted molar refractivity (Wildman–Crippen MR) is 65.1 cm³/mol. The summed E-state index contributed by atoms with van der Waals surface area (Å²) in [6.45, 7) is 5.45. The molecule has 0 aliphatic heterocycles. The minimum Gasteiger partial charge on any atom is -0.310 e. The van der Waals surface area contributed by atoms with Crippen molar-refractivity contribution >= 4 is 0 Å². The molecule has 0 bridgehead atoms. The van der Waals surface area contributed by atoms with E-state index in [9.17, 15) is 0 Å². The second kappa shape index (κ2) is 4.80. The van der Waals surface area contributed by atoms with E-state index in [-0.39, 0.29) is 0 Å². The first-order valence-electron chi connectivity index (χ1n) is 6.18. The number of nitrogens with one attached hydrogen (secondary N) is 1. The molecule has 0 amide bonds. The average Bonchev–Trinajstić information content (AvgIpc) is 3.10. The lowest BCUT2D eigenvalue weighted by molar-refractivity contribution is 0.537. The number of hydrogen-bond donors (Lipinski definition) is 1. The van der Waals surface area contributed by atoms with Crippen molar-refractivity contribution in [3.8, 4) is 0 Å². The van der Waals surface area contributed by atoms with Crippen molar-refractivity contribution in [2.75, 3.05) is 6.54 Å². The van der Waals surface area contributed by atoms with E-state index in [2.05, 4.69) is 43.4 Å². The van der Waals surface area contributed by atoms with Gasteiger partial charge in [-0.3, -0.25) is 0 Å². The molecule has 1 unspecified atom stereocenters. The molecule has 1 N–H and O–H groups in total. The van der Waals surface area contributed by atoms with Crippen LogP contribution in [0.1, 0.15) is 56.2 Å². The second-order valence-electron chi connectivity index (χ2n) is 4.46. The molecular weight excluding hydrogens is 182 g/mol. The fraction of sp³-hybridized carbons (Fsp3) is 0.571. The zero-order chi connectivity index (χ0) is 10.7. The predicted octanol–water partition coefficient (Wildman–Crippen LogP) is 3.62. The van der Waals surface area contributed by atoms with Crippen molar-refractivity contribution in [1.82, 2.24) is 5.32 Å². The summed E-state index contributed by atoms with van der Waals surface area (Å²) in [6.07, 6.45) is 3.95. The molecule has 1 nitrogen and oxygen atoms in total. The smallest absolute Gasteiger partial charge is 0.0317 e. The van der Waals surface area contributed by atoms with E-state index < -0.39 is 0 Å². The van der Waals surface area contributed by atoms with E-state index in [1.165, 1.54) is 24.0 Å². The van der Waals surface area contributed by atoms with E-state index in [1.54, 1.807) is 0 Å². The summed E-state index contributed by atoms with van der Waals surface area (Å²) in [7, 11) is 0. The minimum atomic E-state index is 0.531. The van der Waals surface area contributed by atoms with Gasteiger partial charge in [0.15, 0.2) is 0 Å². The van der Waals surface area contributed by atoms with Crippen LogP contribution in [0.25, 0.3) is 0 Å². The van der Waals surface area contributed by atoms with Crippen molar-refractivity contribution in [1.29, 1.82) is 0 Å². The van der Waals surface area contributed by atoms with Crippen LogP contribution >= 0.6 is 0 Å². The first-order valence-corrected chi connectivity index (χ1v) is 6.18. The highest BCUT2D eigenvalue weighted by molar-refractivity contribution is 5.29. The molecule has 2 rings (SSSR count). The standard InChI is InChI=1S/C14H21N/c1-3-14(15-4-2)13-9-7-12(8-10-13)11-5-6-11/h7-11,14-15H,3-6H2,1-2H3. The summed E-state index contributed by atoms with van der Waals surface area (Å²) in [5, 5.41) is 3.51. The molecule has 1 aliphatic rings. The maximum Gasteiger partial charge on any atom is 0.0317 e. The summed E-state index contributed by atoms with van der Waals surface area (Å²) in [4.78, 5) is 0. The van der Waals surface area contributed by atoms with Gasteiger partial charge in [-0.25, -0.2) is 0 Å². The Morgan fingerprint density at radius 3 is 2.33 bits per heavy atom. The highest BCUT2D eigenvalue weighted by atomic mass is 14.9. The summed E-state index contributed by atoms with van der Waals surface area (Å²) >= 11 is 0. The minimum absolute atomic E-state index is 0.531. The third kappa shape index (κ3) is 2.60. The van der Waals surface area contributed by atoms with Crippen LogP contribution in [-0.4, -0.2) is 6.54 Å². The normalized spacial score (nSPS) is 17.7. The SMILES string of the molecule is CCNC(CC)c1ccc(C2CC2)cc1. The Hall–Kier alpha value is -0.820. The molecule has 0 aromatic heterocycles. The van der Waals surface area contributed by atoms with Crippen LogP contribution in [0, 0.1) is 0 Å². The molecule has 0 spiro atoms. The van der Waals surface area contributed by atoms with Gasteiger partial charge in [0.25, 0.3) is 0 Å². The van der Waals surface area contributed by atoms with E-state index in [0.29, 0.717) is 6.04 Å². The molecular formula is C14H21N. The van der Waals surface area contributed by atoms with Crippen LogP contribution in [0.15, 0.2) is 24.3 Å². The van der Waals surface area contributed by atoms with Gasteiger partial charge < -0.3 is 5.32 Å². The van der Waals surface area contributed by atoms with Gasteiger partial charge in [-0.2, -0.15) is 0 Å². The number of hydrogen-bond acceptors (Lipinski definition) is 1. The Morgan fingerprint density at radius 2 is 1.87 bits per heavy atom. The van der Waals surface area contributed by atoms with Crippen LogP contribution < -0.4 is 5.32 Å². The van der Waals surface area contributed by atoms with Crippen LogP contribution in [0.2, 0.25) is 0 Å². The molecule has 1 aromatic carbocycles. The number of rotatable bonds is 5. The van der Waals surface area contributed by atoms with Gasteiger partial charge >= 0.3 is 0 Å². The van der Waals surface area contributed by atoms with Crippen molar-refractivity contribution < 1.29 is 0 Å². The third-order valence-corrected chi connectivity index (χ3v) is 3.25.